The molecular weight excluding hydrogens is 368 g/mol. The standard InChI is InChI=1S/C24H30N2O.ClH/c1-23(18-24(23)13-16-25-17-14-24)22(27)26-15-12-21(19-8-4-2-5-9-19)20-10-6-3-7-11-20;/h2-11,21,25H,12-18H2,1H3,(H,26,27);1H. The summed E-state index contributed by atoms with van der Waals surface area (Å²) in [5.74, 6) is 0.567. The average Bonchev–Trinajstić information content (AvgIpc) is 3.30. The molecule has 150 valence electrons. The van der Waals surface area contributed by atoms with Crippen LogP contribution in [0.15, 0.2) is 60.7 Å². The number of nitrogens with one attached hydrogen (secondary N) is 2. The van der Waals surface area contributed by atoms with Gasteiger partial charge in [-0.25, -0.2) is 0 Å². The molecule has 1 spiro atoms. The lowest BCUT2D eigenvalue weighted by atomic mass is 9.85. The van der Waals surface area contributed by atoms with E-state index in [0.717, 1.165) is 45.3 Å². The van der Waals surface area contributed by atoms with Gasteiger partial charge in [-0.1, -0.05) is 67.6 Å². The highest BCUT2D eigenvalue weighted by Crippen LogP contribution is 2.68. The molecule has 28 heavy (non-hydrogen) atoms. The van der Waals surface area contributed by atoms with E-state index < -0.39 is 0 Å². The van der Waals surface area contributed by atoms with Gasteiger partial charge in [-0.3, -0.25) is 4.79 Å². The van der Waals surface area contributed by atoms with Gasteiger partial charge in [0.25, 0.3) is 0 Å². The maximum absolute atomic E-state index is 12.9. The van der Waals surface area contributed by atoms with Crippen LogP contribution in [0.3, 0.4) is 0 Å². The first kappa shape index (κ1) is 20.9. The summed E-state index contributed by atoms with van der Waals surface area (Å²) in [7, 11) is 0. The number of piperidine rings is 1. The minimum absolute atomic E-state index is 0. The Morgan fingerprint density at radius 3 is 2.07 bits per heavy atom. The van der Waals surface area contributed by atoms with Crippen LogP contribution in [-0.4, -0.2) is 25.5 Å². The third-order valence-corrected chi connectivity index (χ3v) is 6.92. The van der Waals surface area contributed by atoms with Gasteiger partial charge in [-0.15, -0.1) is 12.4 Å². The van der Waals surface area contributed by atoms with E-state index in [1.54, 1.807) is 0 Å². The highest BCUT2D eigenvalue weighted by atomic mass is 35.5. The molecule has 1 aliphatic carbocycles. The molecule has 3 nitrogen and oxygen atoms in total. The van der Waals surface area contributed by atoms with Crippen LogP contribution in [-0.2, 0) is 4.79 Å². The summed E-state index contributed by atoms with van der Waals surface area (Å²) in [5, 5.41) is 6.69. The van der Waals surface area contributed by atoms with Crippen LogP contribution in [0.1, 0.15) is 49.7 Å². The van der Waals surface area contributed by atoms with E-state index in [1.165, 1.54) is 11.1 Å². The van der Waals surface area contributed by atoms with E-state index >= 15 is 0 Å². The molecule has 1 saturated carbocycles. The van der Waals surface area contributed by atoms with Crippen LogP contribution in [0.2, 0.25) is 0 Å². The molecule has 2 fully saturated rings. The molecule has 0 bridgehead atoms. The van der Waals surface area contributed by atoms with Crippen molar-refractivity contribution in [1.82, 2.24) is 10.6 Å². The number of hydrogen-bond donors (Lipinski definition) is 2. The Morgan fingerprint density at radius 2 is 1.54 bits per heavy atom. The van der Waals surface area contributed by atoms with Gasteiger partial charge in [-0.2, -0.15) is 0 Å². The molecule has 0 radical (unpaired) electrons. The summed E-state index contributed by atoms with van der Waals surface area (Å²) in [6.07, 6.45) is 4.24. The first-order valence-electron chi connectivity index (χ1n) is 10.2. The summed E-state index contributed by atoms with van der Waals surface area (Å²) >= 11 is 0. The number of hydrogen-bond acceptors (Lipinski definition) is 2. The van der Waals surface area contributed by atoms with Gasteiger partial charge in [0.15, 0.2) is 0 Å². The molecule has 1 saturated heterocycles. The molecule has 1 atom stereocenters. The Kier molecular flexibility index (Phi) is 6.47. The summed E-state index contributed by atoms with van der Waals surface area (Å²) < 4.78 is 0. The van der Waals surface area contributed by atoms with E-state index in [1.807, 2.05) is 0 Å². The maximum Gasteiger partial charge on any atom is 0.226 e. The molecule has 0 aromatic heterocycles. The van der Waals surface area contributed by atoms with Gasteiger partial charge in [0, 0.05) is 12.5 Å². The second-order valence-corrected chi connectivity index (χ2v) is 8.46. The number of carbonyl (C=O) groups is 1. The Balaban J connectivity index is 0.00000225. The highest BCUT2D eigenvalue weighted by molar-refractivity contribution is 5.86. The zero-order valence-electron chi connectivity index (χ0n) is 16.6. The monoisotopic (exact) mass is 398 g/mol. The molecule has 1 aliphatic heterocycles. The molecule has 4 rings (SSSR count). The summed E-state index contributed by atoms with van der Waals surface area (Å²) in [6, 6.07) is 21.2. The Morgan fingerprint density at radius 1 is 1.00 bits per heavy atom. The van der Waals surface area contributed by atoms with Crippen LogP contribution < -0.4 is 10.6 Å². The molecular formula is C24H31ClN2O. The van der Waals surface area contributed by atoms with Crippen LogP contribution in [0, 0.1) is 10.8 Å². The van der Waals surface area contributed by atoms with Gasteiger partial charge in [0.05, 0.1) is 5.41 Å². The van der Waals surface area contributed by atoms with Crippen molar-refractivity contribution in [2.45, 2.75) is 38.5 Å². The van der Waals surface area contributed by atoms with Crippen molar-refractivity contribution in [3.63, 3.8) is 0 Å². The van der Waals surface area contributed by atoms with Crippen LogP contribution in [0.4, 0.5) is 0 Å². The first-order chi connectivity index (χ1) is 13.1. The summed E-state index contributed by atoms with van der Waals surface area (Å²) in [5.41, 5.74) is 2.71. The first-order valence-corrected chi connectivity index (χ1v) is 10.2. The Hall–Kier alpha value is -1.84. The van der Waals surface area contributed by atoms with E-state index in [-0.39, 0.29) is 29.1 Å². The van der Waals surface area contributed by atoms with E-state index in [2.05, 4.69) is 78.2 Å². The minimum atomic E-state index is -0.163. The Bertz CT molecular complexity index is 734. The van der Waals surface area contributed by atoms with Crippen molar-refractivity contribution in [2.75, 3.05) is 19.6 Å². The van der Waals surface area contributed by atoms with Gasteiger partial charge >= 0.3 is 0 Å². The van der Waals surface area contributed by atoms with Crippen molar-refractivity contribution in [1.29, 1.82) is 0 Å². The fourth-order valence-corrected chi connectivity index (χ4v) is 5.01. The number of carbonyl (C=O) groups excluding carboxylic acids is 1. The van der Waals surface area contributed by atoms with Gasteiger partial charge in [0.1, 0.15) is 0 Å². The molecule has 1 amide bonds. The molecule has 4 heteroatoms. The van der Waals surface area contributed by atoms with E-state index in [0.29, 0.717) is 5.92 Å². The minimum Gasteiger partial charge on any atom is -0.356 e. The molecule has 2 aromatic carbocycles. The predicted octanol–water partition coefficient (Wildman–Crippen LogP) is 4.53. The van der Waals surface area contributed by atoms with E-state index in [9.17, 15) is 4.79 Å². The lowest BCUT2D eigenvalue weighted by molar-refractivity contribution is -0.127. The quantitative estimate of drug-likeness (QED) is 0.750. The summed E-state index contributed by atoms with van der Waals surface area (Å²) in [6.45, 7) is 4.98. The van der Waals surface area contributed by atoms with Crippen molar-refractivity contribution < 1.29 is 4.79 Å². The van der Waals surface area contributed by atoms with Crippen LogP contribution in [0.5, 0.6) is 0 Å². The predicted molar refractivity (Wildman–Crippen MR) is 117 cm³/mol. The average molecular weight is 399 g/mol. The fraction of sp³-hybridized carbons (Fsp3) is 0.458. The summed E-state index contributed by atoms with van der Waals surface area (Å²) in [4.78, 5) is 12.9. The third-order valence-electron chi connectivity index (χ3n) is 6.92. The van der Waals surface area contributed by atoms with Crippen LogP contribution >= 0.6 is 12.4 Å². The van der Waals surface area contributed by atoms with Crippen molar-refractivity contribution in [2.24, 2.45) is 10.8 Å². The van der Waals surface area contributed by atoms with Gasteiger partial charge < -0.3 is 10.6 Å². The van der Waals surface area contributed by atoms with E-state index in [4.69, 9.17) is 0 Å². The van der Waals surface area contributed by atoms with Crippen molar-refractivity contribution in [3.8, 4) is 0 Å². The Labute approximate surface area is 174 Å². The highest BCUT2D eigenvalue weighted by Gasteiger charge is 2.67. The molecule has 1 unspecified atom stereocenters. The zero-order valence-corrected chi connectivity index (χ0v) is 17.4. The number of benzene rings is 2. The normalized spacial score (nSPS) is 22.5. The van der Waals surface area contributed by atoms with Crippen molar-refractivity contribution in [3.05, 3.63) is 71.8 Å². The molecule has 2 aliphatic rings. The SMILES string of the molecule is CC1(C(=O)NCCC(c2ccccc2)c2ccccc2)CC12CCNCC2.Cl. The van der Waals surface area contributed by atoms with Crippen LogP contribution in [0.25, 0.3) is 0 Å². The number of amides is 1. The number of halogens is 1. The number of rotatable bonds is 6. The second-order valence-electron chi connectivity index (χ2n) is 8.46. The lowest BCUT2D eigenvalue weighted by Crippen LogP contribution is -2.39. The van der Waals surface area contributed by atoms with Gasteiger partial charge in [-0.05, 0) is 55.3 Å². The molecule has 1 heterocycles. The second kappa shape index (κ2) is 8.67. The lowest BCUT2D eigenvalue weighted by Gasteiger charge is -2.27. The molecule has 2 N–H and O–H groups in total. The topological polar surface area (TPSA) is 41.1 Å². The van der Waals surface area contributed by atoms with Crippen molar-refractivity contribution >= 4 is 18.3 Å². The zero-order chi connectivity index (χ0) is 18.7. The maximum atomic E-state index is 12.9. The molecule has 2 aromatic rings. The van der Waals surface area contributed by atoms with Gasteiger partial charge in [0.2, 0.25) is 5.91 Å². The third kappa shape index (κ3) is 3.97. The smallest absolute Gasteiger partial charge is 0.226 e. The fourth-order valence-electron chi connectivity index (χ4n) is 5.01. The largest absolute Gasteiger partial charge is 0.356 e.